The number of fused-ring (bicyclic) bond motifs is 6. The van der Waals surface area contributed by atoms with Crippen LogP contribution < -0.4 is 0 Å². The molecule has 6 nitrogen and oxygen atoms in total. The van der Waals surface area contributed by atoms with Crippen LogP contribution in [0, 0.1) is 0 Å². The summed E-state index contributed by atoms with van der Waals surface area (Å²) in [7, 11) is 0. The van der Waals surface area contributed by atoms with Crippen LogP contribution in [0.25, 0.3) is 89.0 Å². The lowest BCUT2D eigenvalue weighted by Gasteiger charge is -2.13. The third-order valence-corrected chi connectivity index (χ3v) is 9.46. The van der Waals surface area contributed by atoms with Gasteiger partial charge in [0.2, 0.25) is 0 Å². The Morgan fingerprint density at radius 3 is 1.72 bits per heavy atom. The molecule has 0 aliphatic heterocycles. The summed E-state index contributed by atoms with van der Waals surface area (Å²) >= 11 is 0. The van der Waals surface area contributed by atoms with Crippen LogP contribution in [0.5, 0.6) is 0 Å². The van der Waals surface area contributed by atoms with E-state index in [4.69, 9.17) is 9.97 Å². The molecular weight excluding hydrogens is 613 g/mol. The van der Waals surface area contributed by atoms with Gasteiger partial charge in [0.1, 0.15) is 0 Å². The van der Waals surface area contributed by atoms with Gasteiger partial charge in [-0.3, -0.25) is 15.0 Å². The van der Waals surface area contributed by atoms with Crippen molar-refractivity contribution in [3.63, 3.8) is 0 Å². The predicted molar refractivity (Wildman–Crippen MR) is 203 cm³/mol. The molecule has 0 atom stereocenters. The largest absolute Gasteiger partial charge is 0.309 e. The molecule has 6 heterocycles. The zero-order valence-corrected chi connectivity index (χ0v) is 26.8. The maximum atomic E-state index is 5.03. The number of pyridine rings is 4. The van der Waals surface area contributed by atoms with Crippen LogP contribution >= 0.6 is 0 Å². The van der Waals surface area contributed by atoms with Crippen molar-refractivity contribution in [3.8, 4) is 45.3 Å². The molecule has 50 heavy (non-hydrogen) atoms. The molecule has 0 saturated heterocycles. The van der Waals surface area contributed by atoms with E-state index >= 15 is 0 Å². The average molecular weight is 641 g/mol. The van der Waals surface area contributed by atoms with Crippen LogP contribution in [0.2, 0.25) is 0 Å². The Balaban J connectivity index is 1.20. The summed E-state index contributed by atoms with van der Waals surface area (Å²) in [4.78, 5) is 19.2. The summed E-state index contributed by atoms with van der Waals surface area (Å²) in [5.74, 6) is 0. The highest BCUT2D eigenvalue weighted by Crippen LogP contribution is 2.38. The van der Waals surface area contributed by atoms with Gasteiger partial charge < -0.3 is 9.13 Å². The summed E-state index contributed by atoms with van der Waals surface area (Å²) in [5.41, 5.74) is 13.0. The van der Waals surface area contributed by atoms with Crippen LogP contribution in [-0.4, -0.2) is 29.1 Å². The van der Waals surface area contributed by atoms with Crippen molar-refractivity contribution >= 4 is 43.7 Å². The molecule has 0 aliphatic carbocycles. The minimum absolute atomic E-state index is 0.777. The zero-order valence-electron chi connectivity index (χ0n) is 26.8. The minimum atomic E-state index is 0.777. The second-order valence-electron chi connectivity index (χ2n) is 12.4. The quantitative estimate of drug-likeness (QED) is 0.188. The number of hydrogen-bond donors (Lipinski definition) is 0. The molecule has 4 aromatic carbocycles. The predicted octanol–water partition coefficient (Wildman–Crippen LogP) is 10.5. The van der Waals surface area contributed by atoms with Crippen molar-refractivity contribution in [1.29, 1.82) is 0 Å². The highest BCUT2D eigenvalue weighted by atomic mass is 15.0. The first-order valence-corrected chi connectivity index (χ1v) is 16.6. The third kappa shape index (κ3) is 4.50. The number of rotatable bonds is 5. The Morgan fingerprint density at radius 1 is 0.340 bits per heavy atom. The summed E-state index contributed by atoms with van der Waals surface area (Å²) < 4.78 is 4.64. The number of hydrogen-bond acceptors (Lipinski definition) is 4. The highest BCUT2D eigenvalue weighted by Gasteiger charge is 2.18. The molecule has 234 valence electrons. The van der Waals surface area contributed by atoms with Crippen molar-refractivity contribution < 1.29 is 0 Å². The van der Waals surface area contributed by atoms with Crippen molar-refractivity contribution in [3.05, 3.63) is 170 Å². The molecule has 0 bridgehead atoms. The van der Waals surface area contributed by atoms with Gasteiger partial charge in [0.15, 0.2) is 0 Å². The summed E-state index contributed by atoms with van der Waals surface area (Å²) in [5, 5.41) is 3.54. The molecule has 10 aromatic rings. The highest BCUT2D eigenvalue weighted by molar-refractivity contribution is 6.11. The van der Waals surface area contributed by atoms with E-state index in [9.17, 15) is 0 Å². The van der Waals surface area contributed by atoms with Crippen molar-refractivity contribution in [2.45, 2.75) is 0 Å². The van der Waals surface area contributed by atoms with Gasteiger partial charge in [0.25, 0.3) is 0 Å². The molecule has 0 aliphatic rings. The number of benzene rings is 4. The molecule has 0 spiro atoms. The molecule has 6 heteroatoms. The summed E-state index contributed by atoms with van der Waals surface area (Å²) in [6, 6.07) is 52.9. The van der Waals surface area contributed by atoms with E-state index in [-0.39, 0.29) is 0 Å². The van der Waals surface area contributed by atoms with E-state index < -0.39 is 0 Å². The Morgan fingerprint density at radius 2 is 0.960 bits per heavy atom. The third-order valence-electron chi connectivity index (χ3n) is 9.46. The number of nitrogens with zero attached hydrogens (tertiary/aromatic N) is 6. The topological polar surface area (TPSA) is 61.4 Å². The summed E-state index contributed by atoms with van der Waals surface area (Å²) in [6.45, 7) is 0. The van der Waals surface area contributed by atoms with Crippen LogP contribution in [0.4, 0.5) is 0 Å². The lowest BCUT2D eigenvalue weighted by molar-refractivity contribution is 1.14. The first kappa shape index (κ1) is 28.1. The number of para-hydroxylation sites is 2. The molecule has 0 unspecified atom stereocenters. The van der Waals surface area contributed by atoms with Crippen molar-refractivity contribution in [2.75, 3.05) is 0 Å². The van der Waals surface area contributed by atoms with E-state index in [1.54, 1.807) is 12.4 Å². The maximum Gasteiger partial charge on any atom is 0.0963 e. The summed E-state index contributed by atoms with van der Waals surface area (Å²) in [6.07, 6.45) is 5.46. The maximum absolute atomic E-state index is 5.03. The van der Waals surface area contributed by atoms with Crippen LogP contribution in [0.1, 0.15) is 0 Å². The molecule has 0 N–H and O–H groups in total. The minimum Gasteiger partial charge on any atom is -0.309 e. The second kappa shape index (κ2) is 11.4. The molecule has 0 amide bonds. The second-order valence-corrected chi connectivity index (χ2v) is 12.4. The monoisotopic (exact) mass is 640 g/mol. The molecule has 0 radical (unpaired) electrons. The van der Waals surface area contributed by atoms with Gasteiger partial charge in [-0.15, -0.1) is 0 Å². The van der Waals surface area contributed by atoms with E-state index in [2.05, 4.69) is 128 Å². The van der Waals surface area contributed by atoms with Crippen molar-refractivity contribution in [1.82, 2.24) is 29.1 Å². The standard InChI is InChI=1S/C44H28N6/c1-2-11-31(12-3-1)49-40-16-5-4-13-33(40)35-25-29(19-21-41(35)49)30-18-20-34-43(26-30)50(42-17-10-24-47-44(34)42)32-27-38(36-14-6-8-22-45-36)48-39(28-32)37-15-7-9-23-46-37/h1-28H. The Bertz CT molecular complexity index is 2800. The van der Waals surface area contributed by atoms with Gasteiger partial charge in [-0.2, -0.15) is 0 Å². The Hall–Kier alpha value is -6.92. The fourth-order valence-corrected chi connectivity index (χ4v) is 7.23. The molecule has 0 fully saturated rings. The fraction of sp³-hybridized carbons (Fsp3) is 0. The Labute approximate surface area is 287 Å². The zero-order chi connectivity index (χ0) is 33.0. The SMILES string of the molecule is c1ccc(-n2c3ccccc3c3cc(-c4ccc5c6ncccc6n(-c6cc(-c7ccccn7)nc(-c7ccccn7)c6)c5c4)ccc32)cc1. The van der Waals surface area contributed by atoms with Gasteiger partial charge >= 0.3 is 0 Å². The lowest BCUT2D eigenvalue weighted by atomic mass is 10.0. The van der Waals surface area contributed by atoms with Gasteiger partial charge in [0, 0.05) is 40.4 Å². The van der Waals surface area contributed by atoms with Crippen molar-refractivity contribution in [2.24, 2.45) is 0 Å². The first-order valence-electron chi connectivity index (χ1n) is 16.6. The van der Waals surface area contributed by atoms with E-state index in [0.29, 0.717) is 0 Å². The van der Waals surface area contributed by atoms with Gasteiger partial charge in [-0.1, -0.05) is 60.7 Å². The van der Waals surface area contributed by atoms with Gasteiger partial charge in [-0.25, -0.2) is 4.98 Å². The molecule has 0 saturated carbocycles. The normalized spacial score (nSPS) is 11.6. The number of aromatic nitrogens is 6. The van der Waals surface area contributed by atoms with Crippen LogP contribution in [-0.2, 0) is 0 Å². The molecular formula is C44H28N6. The Kier molecular flexibility index (Phi) is 6.39. The van der Waals surface area contributed by atoms with Gasteiger partial charge in [-0.05, 0) is 102 Å². The van der Waals surface area contributed by atoms with E-state index in [0.717, 1.165) is 67.2 Å². The lowest BCUT2D eigenvalue weighted by Crippen LogP contribution is -1.99. The smallest absolute Gasteiger partial charge is 0.0963 e. The van der Waals surface area contributed by atoms with Crippen LogP contribution in [0.3, 0.4) is 0 Å². The van der Waals surface area contributed by atoms with E-state index in [1.165, 1.54) is 21.8 Å². The molecule has 6 aromatic heterocycles. The molecule has 10 rings (SSSR count). The van der Waals surface area contributed by atoms with Crippen LogP contribution in [0.15, 0.2) is 170 Å². The van der Waals surface area contributed by atoms with E-state index in [1.807, 2.05) is 48.7 Å². The first-order chi connectivity index (χ1) is 24.8. The fourth-order valence-electron chi connectivity index (χ4n) is 7.23. The van der Waals surface area contributed by atoms with Gasteiger partial charge in [0.05, 0.1) is 56.0 Å². The average Bonchev–Trinajstić information content (AvgIpc) is 3.71.